The van der Waals surface area contributed by atoms with Gasteiger partial charge in [-0.25, -0.2) is 43.2 Å². The van der Waals surface area contributed by atoms with E-state index < -0.39 is 85.9 Å². The Morgan fingerprint density at radius 1 is 0.864 bits per heavy atom. The van der Waals surface area contributed by atoms with Crippen molar-refractivity contribution < 1.29 is 49.4 Å². The molecule has 7 rings (SSSR count). The zero-order valence-electron chi connectivity index (χ0n) is 22.1. The molecule has 4 aromatic heterocycles. The lowest BCUT2D eigenvalue weighted by atomic mass is 10.1. The number of ether oxygens (including phenoxy) is 2. The number of imidazole rings is 2. The van der Waals surface area contributed by atoms with Gasteiger partial charge in [0.25, 0.3) is 10.1 Å². The quantitative estimate of drug-likeness (QED) is 0.188. The number of aromatic nitrogens is 8. The van der Waals surface area contributed by atoms with Crippen LogP contribution in [0.4, 0.5) is 20.4 Å². The summed E-state index contributed by atoms with van der Waals surface area (Å²) in [6, 6.07) is 0. The minimum absolute atomic E-state index is 0.00571. The van der Waals surface area contributed by atoms with E-state index in [-0.39, 0.29) is 34.0 Å². The molecule has 3 fully saturated rings. The Balaban J connectivity index is 1.20. The molecule has 0 aliphatic carbocycles. The molecule has 3 aliphatic rings. The van der Waals surface area contributed by atoms with Crippen LogP contribution in [0, 0.1) is 0 Å². The first-order valence-corrected chi connectivity index (χ1v) is 16.0. The molecule has 7 heterocycles. The largest absolute Gasteiger partial charge is 0.472 e. The molecule has 4 aromatic rings. The number of halogens is 2. The summed E-state index contributed by atoms with van der Waals surface area (Å²) in [7, 11) is -9.71. The Labute approximate surface area is 245 Å². The standard InChI is InChI=1S/C21H23F2N10O9PS/c22-10-8-1-2-44(36,37)42-14-9(40-20(11(14)23)32-6-30-12-16(24)26-4-28-18(12)32)3-38-43(34,35)41-15(10)21(39-8)33-7-31-13-17(25)27-5-29-19(13)33/h4-11,14-15,20-21H,1-3H2,(H,34,35)(H2,24,26,28)(H2,25,27,29)/t8-,9-,10-,11-,14-,15-,20-,21-/m1/s1. The van der Waals surface area contributed by atoms with Crippen LogP contribution in [-0.2, 0) is 37.4 Å². The number of nitrogens with two attached hydrogens (primary N) is 2. The van der Waals surface area contributed by atoms with E-state index in [4.69, 9.17) is 34.2 Å². The number of alkyl halides is 2. The minimum Gasteiger partial charge on any atom is -0.382 e. The summed E-state index contributed by atoms with van der Waals surface area (Å²) >= 11 is 0. The topological polar surface area (TPSA) is 257 Å². The van der Waals surface area contributed by atoms with Crippen LogP contribution in [-0.4, -0.2) is 101 Å². The first-order chi connectivity index (χ1) is 20.9. The maximum absolute atomic E-state index is 15.9. The van der Waals surface area contributed by atoms with E-state index in [1.807, 2.05) is 0 Å². The van der Waals surface area contributed by atoms with E-state index in [0.29, 0.717) is 0 Å². The van der Waals surface area contributed by atoms with Gasteiger partial charge in [0, 0.05) is 0 Å². The van der Waals surface area contributed by atoms with Gasteiger partial charge in [0.05, 0.1) is 31.1 Å². The third kappa shape index (κ3) is 4.96. The molecule has 0 amide bonds. The van der Waals surface area contributed by atoms with E-state index in [0.717, 1.165) is 23.5 Å². The highest BCUT2D eigenvalue weighted by atomic mass is 32.2. The molecule has 0 saturated carbocycles. The first-order valence-electron chi connectivity index (χ1n) is 12.9. The van der Waals surface area contributed by atoms with Gasteiger partial charge in [-0.15, -0.1) is 0 Å². The molecule has 5 N–H and O–H groups in total. The molecule has 23 heteroatoms. The first kappa shape index (κ1) is 29.2. The Morgan fingerprint density at radius 2 is 1.45 bits per heavy atom. The van der Waals surface area contributed by atoms with E-state index in [1.54, 1.807) is 0 Å². The molecule has 3 saturated heterocycles. The average molecular weight is 661 g/mol. The summed E-state index contributed by atoms with van der Waals surface area (Å²) in [4.78, 5) is 34.5. The smallest absolute Gasteiger partial charge is 0.382 e. The van der Waals surface area contributed by atoms with Crippen LogP contribution < -0.4 is 11.5 Å². The predicted octanol–water partition coefficient (Wildman–Crippen LogP) is -0.0775. The Kier molecular flexibility index (Phi) is 7.01. The molecule has 9 atom stereocenters. The van der Waals surface area contributed by atoms with Crippen molar-refractivity contribution in [3.63, 3.8) is 0 Å². The maximum atomic E-state index is 15.9. The molecule has 236 valence electrons. The van der Waals surface area contributed by atoms with Crippen molar-refractivity contribution in [2.75, 3.05) is 23.8 Å². The number of nitrogens with zero attached hydrogens (tertiary/aromatic N) is 8. The number of hydrogen-bond acceptors (Lipinski definition) is 16. The number of nitrogen functional groups attached to an aromatic ring is 2. The van der Waals surface area contributed by atoms with E-state index in [9.17, 15) is 17.9 Å². The lowest BCUT2D eigenvalue weighted by molar-refractivity contribution is -0.0556. The number of fused-ring (bicyclic) bond motifs is 5. The van der Waals surface area contributed by atoms with Crippen LogP contribution in [0.3, 0.4) is 0 Å². The van der Waals surface area contributed by atoms with Gasteiger partial charge in [-0.05, 0) is 6.42 Å². The van der Waals surface area contributed by atoms with E-state index >= 15 is 8.78 Å². The highest BCUT2D eigenvalue weighted by Gasteiger charge is 2.54. The van der Waals surface area contributed by atoms with Crippen LogP contribution in [0.25, 0.3) is 22.3 Å². The lowest BCUT2D eigenvalue weighted by Gasteiger charge is -2.24. The molecule has 0 aromatic carbocycles. The summed E-state index contributed by atoms with van der Waals surface area (Å²) in [5.74, 6) is -0.798. The van der Waals surface area contributed by atoms with E-state index in [1.165, 1.54) is 10.9 Å². The highest BCUT2D eigenvalue weighted by molar-refractivity contribution is 7.86. The normalized spacial score (nSPS) is 36.1. The van der Waals surface area contributed by atoms with Gasteiger partial charge in [-0.1, -0.05) is 0 Å². The van der Waals surface area contributed by atoms with Gasteiger partial charge >= 0.3 is 7.82 Å². The fourth-order valence-corrected chi connectivity index (χ4v) is 7.48. The molecular formula is C21H23F2N10O9PS. The van der Waals surface area contributed by atoms with E-state index in [2.05, 4.69) is 29.9 Å². The van der Waals surface area contributed by atoms with Crippen LogP contribution in [0.2, 0.25) is 0 Å². The van der Waals surface area contributed by atoms with Gasteiger partial charge in [-0.2, -0.15) is 8.42 Å². The summed E-state index contributed by atoms with van der Waals surface area (Å²) < 4.78 is 100. The zero-order chi connectivity index (χ0) is 31.0. The lowest BCUT2D eigenvalue weighted by Crippen LogP contribution is -2.37. The third-order valence-corrected chi connectivity index (χ3v) is 9.66. The second-order valence-corrected chi connectivity index (χ2v) is 13.3. The van der Waals surface area contributed by atoms with Gasteiger partial charge in [0.15, 0.2) is 47.7 Å². The molecule has 3 aliphatic heterocycles. The fraction of sp³-hybridized carbons (Fsp3) is 0.524. The summed E-state index contributed by atoms with van der Waals surface area (Å²) in [6.07, 6.45) is -9.92. The molecular weight excluding hydrogens is 637 g/mol. The summed E-state index contributed by atoms with van der Waals surface area (Å²) in [5, 5.41) is 0. The van der Waals surface area contributed by atoms with Crippen molar-refractivity contribution in [3.8, 4) is 0 Å². The zero-order valence-corrected chi connectivity index (χ0v) is 23.8. The van der Waals surface area contributed by atoms with Gasteiger partial charge in [0.1, 0.15) is 42.0 Å². The molecule has 2 bridgehead atoms. The number of rotatable bonds is 2. The SMILES string of the molecule is Nc1ncnc2c1ncn2[C@@H]1O[C@@H]2COP(=O)(O)O[C@@H]3[C@H](F)[C@@H](CCS(=O)(=O)O[C@H]2[C@H]1F)O[C@H]3n1cnc2c(N)ncnc21. The van der Waals surface area contributed by atoms with Crippen molar-refractivity contribution >= 4 is 51.9 Å². The summed E-state index contributed by atoms with van der Waals surface area (Å²) in [6.45, 7) is -0.898. The van der Waals surface area contributed by atoms with Crippen LogP contribution >= 0.6 is 7.82 Å². The highest BCUT2D eigenvalue weighted by Crippen LogP contribution is 2.51. The summed E-state index contributed by atoms with van der Waals surface area (Å²) in [5.41, 5.74) is 12.1. The molecule has 44 heavy (non-hydrogen) atoms. The van der Waals surface area contributed by atoms with Crippen molar-refractivity contribution in [1.82, 2.24) is 39.0 Å². The maximum Gasteiger partial charge on any atom is 0.472 e. The Hall–Kier alpha value is -3.50. The molecule has 19 nitrogen and oxygen atoms in total. The van der Waals surface area contributed by atoms with Crippen LogP contribution in [0.15, 0.2) is 25.3 Å². The fourth-order valence-electron chi connectivity index (χ4n) is 5.37. The molecule has 0 spiro atoms. The Morgan fingerprint density at radius 3 is 2.09 bits per heavy atom. The molecule has 1 unspecified atom stereocenters. The Bertz CT molecular complexity index is 1900. The number of phosphoric acid groups is 1. The van der Waals surface area contributed by atoms with Crippen LogP contribution in [0.5, 0.6) is 0 Å². The van der Waals surface area contributed by atoms with Crippen molar-refractivity contribution in [2.24, 2.45) is 0 Å². The monoisotopic (exact) mass is 660 g/mol. The van der Waals surface area contributed by atoms with Gasteiger partial charge < -0.3 is 25.8 Å². The minimum atomic E-state index is -5.15. The molecule has 0 radical (unpaired) electrons. The van der Waals surface area contributed by atoms with Crippen molar-refractivity contribution in [1.29, 1.82) is 0 Å². The van der Waals surface area contributed by atoms with Gasteiger partial charge in [-0.3, -0.25) is 22.4 Å². The average Bonchev–Trinajstić information content (AvgIpc) is 3.73. The number of anilines is 2. The van der Waals surface area contributed by atoms with Gasteiger partial charge in [0.2, 0.25) is 0 Å². The third-order valence-electron chi connectivity index (χ3n) is 7.42. The number of phosphoric ester groups is 1. The van der Waals surface area contributed by atoms with Crippen molar-refractivity contribution in [2.45, 2.75) is 55.6 Å². The number of hydrogen-bond donors (Lipinski definition) is 3. The second-order valence-electron chi connectivity index (χ2n) is 10.1. The predicted molar refractivity (Wildman–Crippen MR) is 141 cm³/mol. The van der Waals surface area contributed by atoms with Crippen LogP contribution in [0.1, 0.15) is 18.9 Å². The second kappa shape index (κ2) is 10.5. The van der Waals surface area contributed by atoms with Crippen molar-refractivity contribution in [3.05, 3.63) is 25.3 Å².